The van der Waals surface area contributed by atoms with Crippen LogP contribution in [-0.2, 0) is 4.79 Å². The molecule has 1 aromatic carbocycles. The van der Waals surface area contributed by atoms with E-state index in [-0.39, 0.29) is 24.1 Å². The monoisotopic (exact) mass is 344 g/mol. The van der Waals surface area contributed by atoms with Gasteiger partial charge in [-0.3, -0.25) is 9.59 Å². The second kappa shape index (κ2) is 7.11. The van der Waals surface area contributed by atoms with Crippen LogP contribution in [0.2, 0.25) is 5.02 Å². The SMILES string of the molecule is Cc1cc(Cl)ccc1-c1cc(C#N)c(O)c(C(=O)CCC(=O)O)n1. The lowest BCUT2D eigenvalue weighted by atomic mass is 10.0. The van der Waals surface area contributed by atoms with Gasteiger partial charge in [-0.2, -0.15) is 5.26 Å². The normalized spacial score (nSPS) is 10.2. The predicted molar refractivity (Wildman–Crippen MR) is 87.0 cm³/mol. The molecule has 0 bridgehead atoms. The number of hydrogen-bond acceptors (Lipinski definition) is 5. The Balaban J connectivity index is 2.55. The number of aromatic nitrogens is 1. The summed E-state index contributed by atoms with van der Waals surface area (Å²) in [5, 5.41) is 28.4. The van der Waals surface area contributed by atoms with Crippen molar-refractivity contribution >= 4 is 23.4 Å². The second-order valence-electron chi connectivity index (χ2n) is 5.14. The van der Waals surface area contributed by atoms with Gasteiger partial charge in [-0.1, -0.05) is 17.7 Å². The number of nitrogens with zero attached hydrogens (tertiary/aromatic N) is 2. The van der Waals surface area contributed by atoms with Crippen LogP contribution in [-0.4, -0.2) is 26.9 Å². The van der Waals surface area contributed by atoms with Gasteiger partial charge in [0.05, 0.1) is 17.7 Å². The minimum atomic E-state index is -1.13. The number of benzene rings is 1. The van der Waals surface area contributed by atoms with Crippen molar-refractivity contribution in [3.8, 4) is 23.1 Å². The highest BCUT2D eigenvalue weighted by Gasteiger charge is 2.20. The molecule has 1 aromatic heterocycles. The standard InChI is InChI=1S/C17H13ClN2O4/c1-9-6-11(18)2-3-12(9)13-7-10(8-19)17(24)16(20-13)14(21)4-5-15(22)23/h2-3,6-7,24H,4-5H2,1H3,(H,22,23). The van der Waals surface area contributed by atoms with Gasteiger partial charge in [0, 0.05) is 17.0 Å². The third kappa shape index (κ3) is 3.70. The Morgan fingerprint density at radius 2 is 2.00 bits per heavy atom. The van der Waals surface area contributed by atoms with Crippen LogP contribution in [0.15, 0.2) is 24.3 Å². The van der Waals surface area contributed by atoms with Gasteiger partial charge < -0.3 is 10.2 Å². The number of rotatable bonds is 5. The average Bonchev–Trinajstić information content (AvgIpc) is 2.53. The Bertz CT molecular complexity index is 872. The Morgan fingerprint density at radius 1 is 1.29 bits per heavy atom. The minimum Gasteiger partial charge on any atom is -0.504 e. The van der Waals surface area contributed by atoms with Crippen molar-refractivity contribution in [2.45, 2.75) is 19.8 Å². The van der Waals surface area contributed by atoms with Gasteiger partial charge in [-0.25, -0.2) is 4.98 Å². The van der Waals surface area contributed by atoms with Crippen LogP contribution in [0, 0.1) is 18.3 Å². The summed E-state index contributed by atoms with van der Waals surface area (Å²) >= 11 is 5.92. The molecule has 0 aliphatic carbocycles. The Hall–Kier alpha value is -2.91. The number of Topliss-reactive ketones (excluding diaryl/α,β-unsaturated/α-hetero) is 1. The first-order valence-electron chi connectivity index (χ1n) is 6.99. The van der Waals surface area contributed by atoms with E-state index < -0.39 is 17.5 Å². The van der Waals surface area contributed by atoms with E-state index >= 15 is 0 Å². The molecule has 0 aliphatic heterocycles. The number of aliphatic carboxylic acids is 1. The predicted octanol–water partition coefficient (Wildman–Crippen LogP) is 3.34. The van der Waals surface area contributed by atoms with Crippen molar-refractivity contribution in [2.75, 3.05) is 0 Å². The highest BCUT2D eigenvalue weighted by Crippen LogP contribution is 2.30. The fraction of sp³-hybridized carbons (Fsp3) is 0.176. The van der Waals surface area contributed by atoms with Crippen LogP contribution in [0.5, 0.6) is 5.75 Å². The molecule has 6 nitrogen and oxygen atoms in total. The largest absolute Gasteiger partial charge is 0.504 e. The molecule has 2 rings (SSSR count). The van der Waals surface area contributed by atoms with Crippen LogP contribution in [0.4, 0.5) is 0 Å². The van der Waals surface area contributed by atoms with Crippen molar-refractivity contribution < 1.29 is 19.8 Å². The van der Waals surface area contributed by atoms with Gasteiger partial charge in [-0.05, 0) is 30.7 Å². The summed E-state index contributed by atoms with van der Waals surface area (Å²) in [5.74, 6) is -2.31. The zero-order chi connectivity index (χ0) is 17.9. The zero-order valence-corrected chi connectivity index (χ0v) is 13.5. The molecule has 2 aromatic rings. The van der Waals surface area contributed by atoms with E-state index in [4.69, 9.17) is 22.0 Å². The van der Waals surface area contributed by atoms with Gasteiger partial charge >= 0.3 is 5.97 Å². The van der Waals surface area contributed by atoms with Gasteiger partial charge in [0.25, 0.3) is 0 Å². The summed E-state index contributed by atoms with van der Waals surface area (Å²) in [6, 6.07) is 8.25. The number of aromatic hydroxyl groups is 1. The van der Waals surface area contributed by atoms with E-state index in [0.717, 1.165) is 5.56 Å². The summed E-state index contributed by atoms with van der Waals surface area (Å²) in [5.41, 5.74) is 1.36. The summed E-state index contributed by atoms with van der Waals surface area (Å²) in [7, 11) is 0. The lowest BCUT2D eigenvalue weighted by Crippen LogP contribution is -2.08. The molecule has 0 radical (unpaired) electrons. The molecule has 0 amide bonds. The summed E-state index contributed by atoms with van der Waals surface area (Å²) < 4.78 is 0. The summed E-state index contributed by atoms with van der Waals surface area (Å²) in [4.78, 5) is 26.9. The number of ketones is 1. The van der Waals surface area contributed by atoms with Crippen molar-refractivity contribution in [3.05, 3.63) is 46.1 Å². The fourth-order valence-corrected chi connectivity index (χ4v) is 2.44. The maximum absolute atomic E-state index is 12.1. The minimum absolute atomic E-state index is 0.104. The number of hydrogen-bond donors (Lipinski definition) is 2. The van der Waals surface area contributed by atoms with Crippen LogP contribution in [0.1, 0.15) is 34.5 Å². The number of nitriles is 1. The van der Waals surface area contributed by atoms with E-state index in [1.165, 1.54) is 6.07 Å². The van der Waals surface area contributed by atoms with Crippen LogP contribution < -0.4 is 0 Å². The lowest BCUT2D eigenvalue weighted by Gasteiger charge is -2.10. The molecule has 0 spiro atoms. The molecule has 1 heterocycles. The van der Waals surface area contributed by atoms with E-state index in [0.29, 0.717) is 16.3 Å². The third-order valence-electron chi connectivity index (χ3n) is 3.41. The van der Waals surface area contributed by atoms with E-state index in [9.17, 15) is 14.7 Å². The molecule has 0 saturated carbocycles. The molecule has 7 heteroatoms. The Morgan fingerprint density at radius 3 is 2.58 bits per heavy atom. The number of carboxylic acids is 1. The Kier molecular flexibility index (Phi) is 5.17. The molecule has 0 aliphatic rings. The zero-order valence-electron chi connectivity index (χ0n) is 12.7. The number of pyridine rings is 1. The average molecular weight is 345 g/mol. The number of aryl methyl sites for hydroxylation is 1. The smallest absolute Gasteiger partial charge is 0.303 e. The van der Waals surface area contributed by atoms with Crippen LogP contribution in [0.3, 0.4) is 0 Å². The Labute approximate surface area is 143 Å². The van der Waals surface area contributed by atoms with Crippen molar-refractivity contribution in [3.63, 3.8) is 0 Å². The van der Waals surface area contributed by atoms with Gasteiger partial charge in [0.1, 0.15) is 11.8 Å². The van der Waals surface area contributed by atoms with E-state index in [1.54, 1.807) is 25.1 Å². The topological polar surface area (TPSA) is 111 Å². The van der Waals surface area contributed by atoms with E-state index in [2.05, 4.69) is 4.98 Å². The molecule has 0 fully saturated rings. The van der Waals surface area contributed by atoms with Gasteiger partial charge in [-0.15, -0.1) is 0 Å². The maximum atomic E-state index is 12.1. The molecule has 0 atom stereocenters. The molecule has 122 valence electrons. The molecule has 0 saturated heterocycles. The quantitative estimate of drug-likeness (QED) is 0.804. The van der Waals surface area contributed by atoms with Gasteiger partial charge in [0.2, 0.25) is 0 Å². The number of halogens is 1. The molecule has 24 heavy (non-hydrogen) atoms. The highest BCUT2D eigenvalue weighted by molar-refractivity contribution is 6.30. The highest BCUT2D eigenvalue weighted by atomic mass is 35.5. The molecule has 0 unspecified atom stereocenters. The molecular formula is C17H13ClN2O4. The van der Waals surface area contributed by atoms with Crippen molar-refractivity contribution in [2.24, 2.45) is 0 Å². The van der Waals surface area contributed by atoms with Crippen molar-refractivity contribution in [1.29, 1.82) is 5.26 Å². The third-order valence-corrected chi connectivity index (χ3v) is 3.64. The first kappa shape index (κ1) is 17.4. The molecule has 2 N–H and O–H groups in total. The van der Waals surface area contributed by atoms with Crippen LogP contribution in [0.25, 0.3) is 11.3 Å². The number of carbonyl (C=O) groups is 2. The first-order chi connectivity index (χ1) is 11.3. The van der Waals surface area contributed by atoms with Crippen LogP contribution >= 0.6 is 11.6 Å². The second-order valence-corrected chi connectivity index (χ2v) is 5.58. The number of carbonyl (C=O) groups excluding carboxylic acids is 1. The van der Waals surface area contributed by atoms with E-state index in [1.807, 2.05) is 6.07 Å². The first-order valence-corrected chi connectivity index (χ1v) is 7.37. The van der Waals surface area contributed by atoms with Crippen molar-refractivity contribution in [1.82, 2.24) is 4.98 Å². The molecular weight excluding hydrogens is 332 g/mol. The lowest BCUT2D eigenvalue weighted by molar-refractivity contribution is -0.136. The summed E-state index contributed by atoms with van der Waals surface area (Å²) in [6.07, 6.45) is -0.699. The fourth-order valence-electron chi connectivity index (χ4n) is 2.21. The maximum Gasteiger partial charge on any atom is 0.303 e. The van der Waals surface area contributed by atoms with Gasteiger partial charge in [0.15, 0.2) is 11.5 Å². The summed E-state index contributed by atoms with van der Waals surface area (Å²) in [6.45, 7) is 1.80. The number of carboxylic acid groups (broad SMARTS) is 1.